The molecule has 0 saturated carbocycles. The van der Waals surface area contributed by atoms with Gasteiger partial charge in [-0.05, 0) is 32.4 Å². The van der Waals surface area contributed by atoms with E-state index in [4.69, 9.17) is 0 Å². The Labute approximate surface area is 103 Å². The fourth-order valence-corrected chi connectivity index (χ4v) is 1.68. The third-order valence-corrected chi connectivity index (χ3v) is 2.51. The molecule has 0 aromatic carbocycles. The molecule has 0 bridgehead atoms. The highest BCUT2D eigenvalue weighted by Gasteiger charge is 2.32. The third-order valence-electron chi connectivity index (χ3n) is 2.51. The highest BCUT2D eigenvalue weighted by atomic mass is 19.4. The molecule has 0 spiro atoms. The summed E-state index contributed by atoms with van der Waals surface area (Å²) in [6.07, 6.45) is -3.37. The van der Waals surface area contributed by atoms with Crippen LogP contribution < -0.4 is 5.32 Å². The van der Waals surface area contributed by atoms with Crippen LogP contribution in [0.25, 0.3) is 0 Å². The van der Waals surface area contributed by atoms with Gasteiger partial charge in [0, 0.05) is 12.6 Å². The zero-order valence-corrected chi connectivity index (χ0v) is 11.3. The van der Waals surface area contributed by atoms with Crippen molar-refractivity contribution < 1.29 is 13.2 Å². The van der Waals surface area contributed by atoms with Crippen LogP contribution in [0.5, 0.6) is 0 Å². The van der Waals surface area contributed by atoms with Gasteiger partial charge in [-0.3, -0.25) is 4.90 Å². The molecule has 104 valence electrons. The second-order valence-electron chi connectivity index (χ2n) is 4.99. The molecule has 5 heteroatoms. The Kier molecular flexibility index (Phi) is 7.79. The van der Waals surface area contributed by atoms with Gasteiger partial charge in [0.05, 0.1) is 6.54 Å². The quantitative estimate of drug-likeness (QED) is 0.716. The normalized spacial score (nSPS) is 14.6. The maximum Gasteiger partial charge on any atom is 0.401 e. The van der Waals surface area contributed by atoms with E-state index in [1.54, 1.807) is 0 Å². The lowest BCUT2D eigenvalue weighted by Gasteiger charge is -2.30. The van der Waals surface area contributed by atoms with Gasteiger partial charge in [-0.1, -0.05) is 20.8 Å². The van der Waals surface area contributed by atoms with Crippen molar-refractivity contribution in [2.24, 2.45) is 5.92 Å². The maximum atomic E-state index is 12.4. The van der Waals surface area contributed by atoms with E-state index >= 15 is 0 Å². The highest BCUT2D eigenvalue weighted by Crippen LogP contribution is 2.18. The lowest BCUT2D eigenvalue weighted by Crippen LogP contribution is -2.45. The molecule has 0 aromatic rings. The molecule has 0 aliphatic rings. The van der Waals surface area contributed by atoms with E-state index in [-0.39, 0.29) is 6.04 Å². The Morgan fingerprint density at radius 3 is 2.12 bits per heavy atom. The standard InChI is InChI=1S/C12H25F3N2/c1-5-6-17(9-12(13,14)15)11(4)8-16-7-10(2)3/h10-11,16H,5-9H2,1-4H3. The summed E-state index contributed by atoms with van der Waals surface area (Å²) in [5.41, 5.74) is 0. The lowest BCUT2D eigenvalue weighted by molar-refractivity contribution is -0.150. The van der Waals surface area contributed by atoms with Gasteiger partial charge >= 0.3 is 6.18 Å². The average Bonchev–Trinajstić information content (AvgIpc) is 2.14. The van der Waals surface area contributed by atoms with Crippen LogP contribution in [0.2, 0.25) is 0 Å². The number of hydrogen-bond donors (Lipinski definition) is 1. The molecule has 17 heavy (non-hydrogen) atoms. The molecular weight excluding hydrogens is 229 g/mol. The Morgan fingerprint density at radius 2 is 1.71 bits per heavy atom. The van der Waals surface area contributed by atoms with E-state index in [2.05, 4.69) is 19.2 Å². The summed E-state index contributed by atoms with van der Waals surface area (Å²) < 4.78 is 37.1. The molecule has 0 aromatic heterocycles. The molecule has 0 aliphatic carbocycles. The minimum atomic E-state index is -4.11. The molecule has 2 nitrogen and oxygen atoms in total. The molecule has 0 radical (unpaired) electrons. The summed E-state index contributed by atoms with van der Waals surface area (Å²) in [5.74, 6) is 0.518. The minimum Gasteiger partial charge on any atom is -0.315 e. The van der Waals surface area contributed by atoms with Crippen molar-refractivity contribution in [1.82, 2.24) is 10.2 Å². The third kappa shape index (κ3) is 9.41. The minimum absolute atomic E-state index is 0.0877. The van der Waals surface area contributed by atoms with E-state index in [1.165, 1.54) is 4.90 Å². The molecule has 1 atom stereocenters. The number of nitrogens with one attached hydrogen (secondary N) is 1. The van der Waals surface area contributed by atoms with E-state index in [9.17, 15) is 13.2 Å². The first-order valence-corrected chi connectivity index (χ1v) is 6.27. The van der Waals surface area contributed by atoms with Crippen LogP contribution in [-0.2, 0) is 0 Å². The zero-order chi connectivity index (χ0) is 13.5. The lowest BCUT2D eigenvalue weighted by atomic mass is 10.2. The van der Waals surface area contributed by atoms with Crippen LogP contribution in [0.3, 0.4) is 0 Å². The topological polar surface area (TPSA) is 15.3 Å². The molecular formula is C12H25F3N2. The van der Waals surface area contributed by atoms with Crippen LogP contribution in [-0.4, -0.2) is 43.3 Å². The Morgan fingerprint density at radius 1 is 1.12 bits per heavy atom. The fourth-order valence-electron chi connectivity index (χ4n) is 1.68. The molecule has 0 amide bonds. The van der Waals surface area contributed by atoms with Crippen LogP contribution in [0.1, 0.15) is 34.1 Å². The summed E-state index contributed by atoms with van der Waals surface area (Å²) in [4.78, 5) is 1.49. The summed E-state index contributed by atoms with van der Waals surface area (Å²) >= 11 is 0. The van der Waals surface area contributed by atoms with Crippen LogP contribution in [0.15, 0.2) is 0 Å². The van der Waals surface area contributed by atoms with Gasteiger partial charge in [-0.25, -0.2) is 0 Å². The number of halogens is 3. The first-order valence-electron chi connectivity index (χ1n) is 6.27. The molecule has 1 unspecified atom stereocenters. The van der Waals surface area contributed by atoms with E-state index < -0.39 is 12.7 Å². The Hall–Kier alpha value is -0.290. The number of hydrogen-bond acceptors (Lipinski definition) is 2. The second-order valence-corrected chi connectivity index (χ2v) is 4.99. The van der Waals surface area contributed by atoms with E-state index in [0.717, 1.165) is 13.0 Å². The molecule has 0 fully saturated rings. The average molecular weight is 254 g/mol. The van der Waals surface area contributed by atoms with E-state index in [0.29, 0.717) is 19.0 Å². The monoisotopic (exact) mass is 254 g/mol. The van der Waals surface area contributed by atoms with Crippen LogP contribution in [0.4, 0.5) is 13.2 Å². The molecule has 1 N–H and O–H groups in total. The fraction of sp³-hybridized carbons (Fsp3) is 1.00. The largest absolute Gasteiger partial charge is 0.401 e. The van der Waals surface area contributed by atoms with Crippen molar-refractivity contribution in [2.75, 3.05) is 26.2 Å². The SMILES string of the molecule is CCCN(CC(F)(F)F)C(C)CNCC(C)C. The second kappa shape index (κ2) is 7.93. The van der Waals surface area contributed by atoms with Crippen LogP contribution >= 0.6 is 0 Å². The van der Waals surface area contributed by atoms with Crippen molar-refractivity contribution in [3.8, 4) is 0 Å². The van der Waals surface area contributed by atoms with Gasteiger partial charge < -0.3 is 5.32 Å². The smallest absolute Gasteiger partial charge is 0.315 e. The first-order chi connectivity index (χ1) is 7.76. The number of nitrogens with zero attached hydrogens (tertiary/aromatic N) is 1. The van der Waals surface area contributed by atoms with Gasteiger partial charge in [0.1, 0.15) is 0 Å². The van der Waals surface area contributed by atoms with Gasteiger partial charge in [-0.15, -0.1) is 0 Å². The Bertz CT molecular complexity index is 193. The van der Waals surface area contributed by atoms with E-state index in [1.807, 2.05) is 13.8 Å². The molecule has 0 aliphatic heterocycles. The predicted octanol–water partition coefficient (Wildman–Crippen LogP) is 2.89. The number of rotatable bonds is 8. The molecule has 0 heterocycles. The zero-order valence-electron chi connectivity index (χ0n) is 11.3. The van der Waals surface area contributed by atoms with Gasteiger partial charge in [0.15, 0.2) is 0 Å². The predicted molar refractivity (Wildman–Crippen MR) is 65.1 cm³/mol. The van der Waals surface area contributed by atoms with Crippen molar-refractivity contribution in [3.63, 3.8) is 0 Å². The summed E-state index contributed by atoms with van der Waals surface area (Å²) in [5, 5.41) is 3.20. The van der Waals surface area contributed by atoms with Gasteiger partial charge in [0.25, 0.3) is 0 Å². The summed E-state index contributed by atoms with van der Waals surface area (Å²) in [7, 11) is 0. The highest BCUT2D eigenvalue weighted by molar-refractivity contribution is 4.72. The van der Waals surface area contributed by atoms with Gasteiger partial charge in [-0.2, -0.15) is 13.2 Å². The van der Waals surface area contributed by atoms with Gasteiger partial charge in [0.2, 0.25) is 0 Å². The summed E-state index contributed by atoms with van der Waals surface area (Å²) in [6, 6.07) is -0.0877. The summed E-state index contributed by atoms with van der Waals surface area (Å²) in [6.45, 7) is 9.03. The van der Waals surface area contributed by atoms with Crippen molar-refractivity contribution in [2.45, 2.75) is 46.3 Å². The maximum absolute atomic E-state index is 12.4. The van der Waals surface area contributed by atoms with Crippen LogP contribution in [0, 0.1) is 5.92 Å². The number of alkyl halides is 3. The van der Waals surface area contributed by atoms with Crippen molar-refractivity contribution in [1.29, 1.82) is 0 Å². The van der Waals surface area contributed by atoms with Crippen molar-refractivity contribution in [3.05, 3.63) is 0 Å². The Balaban J connectivity index is 4.10. The molecule has 0 rings (SSSR count). The van der Waals surface area contributed by atoms with Crippen molar-refractivity contribution >= 4 is 0 Å². The molecule has 0 saturated heterocycles. The first kappa shape index (κ1) is 16.7.